The molecule has 2 heterocycles. The van der Waals surface area contributed by atoms with Gasteiger partial charge in [0.15, 0.2) is 11.4 Å². The lowest BCUT2D eigenvalue weighted by Crippen LogP contribution is -2.27. The summed E-state index contributed by atoms with van der Waals surface area (Å²) < 4.78 is 10.3. The second-order valence-electron chi connectivity index (χ2n) is 4.70. The lowest BCUT2D eigenvalue weighted by molar-refractivity contribution is 0.0877. The smallest absolute Gasteiger partial charge is 0.426 e. The topological polar surface area (TPSA) is 147 Å². The van der Waals surface area contributed by atoms with Crippen LogP contribution in [0, 0.1) is 0 Å². The van der Waals surface area contributed by atoms with E-state index in [2.05, 4.69) is 20.3 Å². The van der Waals surface area contributed by atoms with E-state index in [1.165, 1.54) is 25.4 Å². The minimum Gasteiger partial charge on any atom is -0.453 e. The lowest BCUT2D eigenvalue weighted by atomic mass is 10.3. The number of oxazole rings is 1. The Morgan fingerprint density at radius 1 is 1.42 bits per heavy atom. The van der Waals surface area contributed by atoms with E-state index in [0.717, 1.165) is 9.36 Å². The van der Waals surface area contributed by atoms with Crippen molar-refractivity contribution in [2.75, 3.05) is 18.2 Å². The summed E-state index contributed by atoms with van der Waals surface area (Å²) in [6.07, 6.45) is 0.518. The largest absolute Gasteiger partial charge is 0.453 e. The number of carbonyl (C=O) groups is 2. The molecule has 0 aliphatic carbocycles. The molecule has 2 aromatic heterocycles. The molecule has 0 spiro atoms. The number of aromatic nitrogens is 4. The molecule has 124 valence electrons. The monoisotopic (exact) mass is 332 g/mol. The van der Waals surface area contributed by atoms with Crippen molar-refractivity contribution in [3.63, 3.8) is 0 Å². The average molecular weight is 332 g/mol. The fourth-order valence-corrected chi connectivity index (χ4v) is 2.05. The number of hydrogen-bond donors (Lipinski definition) is 2. The Labute approximate surface area is 133 Å². The van der Waals surface area contributed by atoms with Crippen molar-refractivity contribution < 1.29 is 18.7 Å². The molecular formula is C13H12N6O5. The van der Waals surface area contributed by atoms with Crippen molar-refractivity contribution in [3.8, 4) is 0 Å². The number of nitrogens with two attached hydrogens (primary N) is 1. The fraction of sp³-hybridized carbons (Fsp3) is 0.154. The molecule has 0 radical (unpaired) electrons. The molecule has 0 atom stereocenters. The first-order valence-corrected chi connectivity index (χ1v) is 6.67. The van der Waals surface area contributed by atoms with Crippen molar-refractivity contribution in [1.29, 1.82) is 0 Å². The minimum atomic E-state index is -0.833. The number of rotatable bonds is 3. The van der Waals surface area contributed by atoms with Crippen molar-refractivity contribution in [2.24, 2.45) is 0 Å². The van der Waals surface area contributed by atoms with E-state index in [1.807, 2.05) is 0 Å². The van der Waals surface area contributed by atoms with Crippen LogP contribution < -0.4 is 16.8 Å². The normalized spacial score (nSPS) is 10.7. The van der Waals surface area contributed by atoms with Gasteiger partial charge in [-0.25, -0.2) is 14.2 Å². The van der Waals surface area contributed by atoms with Crippen molar-refractivity contribution in [2.45, 2.75) is 6.54 Å². The molecule has 0 aliphatic heterocycles. The third-order valence-corrected chi connectivity index (χ3v) is 3.08. The molecule has 3 N–H and O–H groups in total. The molecule has 0 fully saturated rings. The van der Waals surface area contributed by atoms with Gasteiger partial charge >= 0.3 is 11.8 Å². The van der Waals surface area contributed by atoms with Gasteiger partial charge < -0.3 is 14.9 Å². The number of amides is 1. The number of nitrogens with one attached hydrogen (secondary N) is 1. The van der Waals surface area contributed by atoms with Gasteiger partial charge in [-0.05, 0) is 12.1 Å². The summed E-state index contributed by atoms with van der Waals surface area (Å²) in [4.78, 5) is 36.3. The number of nitrogens with zero attached hydrogens (tertiary/aromatic N) is 4. The summed E-state index contributed by atoms with van der Waals surface area (Å²) in [7, 11) is 1.20. The van der Waals surface area contributed by atoms with Crippen LogP contribution in [0.3, 0.4) is 0 Å². The highest BCUT2D eigenvalue weighted by Crippen LogP contribution is 2.16. The van der Waals surface area contributed by atoms with Gasteiger partial charge in [0.05, 0.1) is 18.8 Å². The Hall–Kier alpha value is -3.63. The highest BCUT2D eigenvalue weighted by Gasteiger charge is 2.17. The first kappa shape index (κ1) is 15.3. The predicted molar refractivity (Wildman–Crippen MR) is 81.6 cm³/mol. The molecule has 0 saturated heterocycles. The van der Waals surface area contributed by atoms with E-state index in [9.17, 15) is 14.4 Å². The van der Waals surface area contributed by atoms with Crippen LogP contribution in [0.1, 0.15) is 4.79 Å². The Morgan fingerprint density at radius 3 is 2.96 bits per heavy atom. The van der Waals surface area contributed by atoms with Gasteiger partial charge in [0.2, 0.25) is 0 Å². The van der Waals surface area contributed by atoms with Crippen LogP contribution in [-0.2, 0) is 11.3 Å². The zero-order valence-corrected chi connectivity index (χ0v) is 12.4. The summed E-state index contributed by atoms with van der Waals surface area (Å²) in [6, 6.07) is 4.50. The Kier molecular flexibility index (Phi) is 3.74. The molecule has 11 nitrogen and oxygen atoms in total. The van der Waals surface area contributed by atoms with Crippen molar-refractivity contribution in [3.05, 3.63) is 34.9 Å². The molecule has 11 heteroatoms. The third-order valence-electron chi connectivity index (χ3n) is 3.08. The molecule has 0 saturated carbocycles. The van der Waals surface area contributed by atoms with E-state index in [1.54, 1.807) is 6.07 Å². The quantitative estimate of drug-likeness (QED) is 0.650. The molecule has 0 unspecified atom stereocenters. The molecule has 0 bridgehead atoms. The summed E-state index contributed by atoms with van der Waals surface area (Å²) in [5, 5.41) is 10.0. The Morgan fingerprint density at radius 2 is 2.21 bits per heavy atom. The lowest BCUT2D eigenvalue weighted by Gasteiger charge is -2.01. The van der Waals surface area contributed by atoms with Gasteiger partial charge in [0.25, 0.3) is 5.91 Å². The van der Waals surface area contributed by atoms with Gasteiger partial charge in [-0.1, -0.05) is 0 Å². The van der Waals surface area contributed by atoms with Gasteiger partial charge in [0.1, 0.15) is 6.54 Å². The number of carbonyl (C=O) groups excluding carboxylic acids is 2. The van der Waals surface area contributed by atoms with Gasteiger partial charge in [-0.2, -0.15) is 9.90 Å². The molecule has 1 amide bonds. The van der Waals surface area contributed by atoms with Gasteiger partial charge in [-0.3, -0.25) is 10.1 Å². The van der Waals surface area contributed by atoms with Crippen LogP contribution in [0.4, 0.5) is 16.3 Å². The number of benzene rings is 1. The molecule has 1 aromatic carbocycles. The van der Waals surface area contributed by atoms with E-state index < -0.39 is 17.8 Å². The average Bonchev–Trinajstić information content (AvgIpc) is 3.09. The SMILES string of the molecule is COC(=O)Nc1cnn(CC(=O)n2c(=O)oc3cc(N)ccc32)n1. The zero-order valence-electron chi connectivity index (χ0n) is 12.4. The summed E-state index contributed by atoms with van der Waals surface area (Å²) in [6.45, 7) is -0.332. The maximum absolute atomic E-state index is 12.3. The number of hydrogen-bond acceptors (Lipinski definition) is 8. The van der Waals surface area contributed by atoms with Crippen LogP contribution in [-0.4, -0.2) is 38.7 Å². The maximum atomic E-state index is 12.3. The second-order valence-corrected chi connectivity index (χ2v) is 4.70. The first-order chi connectivity index (χ1) is 11.5. The van der Waals surface area contributed by atoms with Crippen LogP contribution >= 0.6 is 0 Å². The number of methoxy groups -OCH3 is 1. The summed E-state index contributed by atoms with van der Waals surface area (Å²) >= 11 is 0. The van der Waals surface area contributed by atoms with Crippen LogP contribution in [0.2, 0.25) is 0 Å². The molecular weight excluding hydrogens is 320 g/mol. The van der Waals surface area contributed by atoms with E-state index >= 15 is 0 Å². The van der Waals surface area contributed by atoms with Crippen molar-refractivity contribution >= 4 is 34.6 Å². The second kappa shape index (κ2) is 5.87. The highest BCUT2D eigenvalue weighted by atomic mass is 16.5. The van der Waals surface area contributed by atoms with Gasteiger partial charge in [-0.15, -0.1) is 5.10 Å². The standard InChI is InChI=1S/C13H12N6O5/c1-23-12(21)16-10-5-15-18(17-10)6-11(20)19-8-3-2-7(14)4-9(8)24-13(19)22/h2-5H,6,14H2,1H3,(H,16,17,21). The summed E-state index contributed by atoms with van der Waals surface area (Å²) in [5.74, 6) is -1.34. The molecule has 3 rings (SSSR count). The number of nitrogen functional groups attached to an aromatic ring is 1. The highest BCUT2D eigenvalue weighted by molar-refractivity contribution is 5.90. The Bertz CT molecular complexity index is 984. The zero-order chi connectivity index (χ0) is 17.3. The van der Waals surface area contributed by atoms with Crippen LogP contribution in [0.15, 0.2) is 33.6 Å². The third kappa shape index (κ3) is 2.82. The molecule has 0 aliphatic rings. The fourth-order valence-electron chi connectivity index (χ4n) is 2.05. The van der Waals surface area contributed by atoms with E-state index in [4.69, 9.17) is 10.2 Å². The number of fused-ring (bicyclic) bond motifs is 1. The first-order valence-electron chi connectivity index (χ1n) is 6.67. The molecule has 3 aromatic rings. The Balaban J connectivity index is 1.84. The number of ether oxygens (including phenoxy) is 1. The minimum absolute atomic E-state index is 0.104. The summed E-state index contributed by atoms with van der Waals surface area (Å²) in [5.41, 5.74) is 6.51. The van der Waals surface area contributed by atoms with Crippen LogP contribution in [0.5, 0.6) is 0 Å². The van der Waals surface area contributed by atoms with E-state index in [0.29, 0.717) is 11.2 Å². The maximum Gasteiger partial charge on any atom is 0.426 e. The number of anilines is 2. The van der Waals surface area contributed by atoms with Gasteiger partial charge in [0, 0.05) is 11.8 Å². The van der Waals surface area contributed by atoms with E-state index in [-0.39, 0.29) is 17.9 Å². The van der Waals surface area contributed by atoms with Crippen LogP contribution in [0.25, 0.3) is 11.1 Å². The predicted octanol–water partition coefficient (Wildman–Crippen LogP) is 0.287. The molecule has 24 heavy (non-hydrogen) atoms. The van der Waals surface area contributed by atoms with Crippen molar-refractivity contribution in [1.82, 2.24) is 19.6 Å².